The van der Waals surface area contributed by atoms with Crippen LogP contribution in [0.4, 0.5) is 0 Å². The molecule has 4 nitrogen and oxygen atoms in total. The molecule has 21 heavy (non-hydrogen) atoms. The first-order valence-electron chi connectivity index (χ1n) is 8.02. The molecular formula is C17H26N2O2. The molecule has 1 aliphatic rings. The largest absolute Gasteiger partial charge is 0.484 e. The Morgan fingerprint density at radius 1 is 1.05 bits per heavy atom. The van der Waals surface area contributed by atoms with Crippen LogP contribution in [0.25, 0.3) is 0 Å². The minimum Gasteiger partial charge on any atom is -0.484 e. The van der Waals surface area contributed by atoms with Gasteiger partial charge in [0.05, 0.1) is 0 Å². The highest BCUT2D eigenvalue weighted by Crippen LogP contribution is 2.16. The van der Waals surface area contributed by atoms with Crippen LogP contribution in [0.2, 0.25) is 0 Å². The lowest BCUT2D eigenvalue weighted by Crippen LogP contribution is -2.38. The number of carbonyl (C=O) groups excluding carboxylic acids is 1. The molecule has 1 aromatic rings. The maximum Gasteiger partial charge on any atom is 0.257 e. The molecule has 0 atom stereocenters. The minimum absolute atomic E-state index is 0.0680. The lowest BCUT2D eigenvalue weighted by Gasteiger charge is -2.16. The number of nitrogens with one attached hydrogen (secondary N) is 2. The molecule has 1 saturated carbocycles. The van der Waals surface area contributed by atoms with Crippen LogP contribution in [0.1, 0.15) is 38.5 Å². The van der Waals surface area contributed by atoms with Gasteiger partial charge in [0.2, 0.25) is 0 Å². The van der Waals surface area contributed by atoms with Crippen LogP contribution in [-0.4, -0.2) is 31.6 Å². The Bertz CT molecular complexity index is 401. The maximum atomic E-state index is 11.7. The Kier molecular flexibility index (Phi) is 7.08. The Morgan fingerprint density at radius 3 is 2.48 bits per heavy atom. The molecule has 0 unspecified atom stereocenters. The molecular weight excluding hydrogens is 264 g/mol. The Morgan fingerprint density at radius 2 is 1.76 bits per heavy atom. The smallest absolute Gasteiger partial charge is 0.257 e. The quantitative estimate of drug-likeness (QED) is 0.599. The van der Waals surface area contributed by atoms with Crippen LogP contribution in [0.5, 0.6) is 5.75 Å². The molecule has 1 aromatic carbocycles. The molecule has 0 spiro atoms. The van der Waals surface area contributed by atoms with Crippen molar-refractivity contribution in [1.82, 2.24) is 10.6 Å². The second-order valence-corrected chi connectivity index (χ2v) is 5.59. The monoisotopic (exact) mass is 290 g/mol. The van der Waals surface area contributed by atoms with Crippen molar-refractivity contribution in [2.45, 2.75) is 44.6 Å². The normalized spacial score (nSPS) is 16.2. The molecule has 2 rings (SSSR count). The summed E-state index contributed by atoms with van der Waals surface area (Å²) in [7, 11) is 0. The molecule has 0 saturated heterocycles. The number of hydrogen-bond acceptors (Lipinski definition) is 3. The van der Waals surface area contributed by atoms with Crippen LogP contribution in [-0.2, 0) is 4.79 Å². The summed E-state index contributed by atoms with van der Waals surface area (Å²) in [5.74, 6) is 0.658. The van der Waals surface area contributed by atoms with Crippen molar-refractivity contribution in [2.24, 2.45) is 0 Å². The van der Waals surface area contributed by atoms with Gasteiger partial charge in [-0.3, -0.25) is 4.79 Å². The third-order valence-electron chi connectivity index (χ3n) is 3.85. The lowest BCUT2D eigenvalue weighted by atomic mass is 10.1. The Balaban J connectivity index is 1.52. The van der Waals surface area contributed by atoms with Crippen LogP contribution in [0.3, 0.4) is 0 Å². The first kappa shape index (κ1) is 15.8. The highest BCUT2D eigenvalue weighted by Gasteiger charge is 2.11. The molecule has 1 fully saturated rings. The molecule has 0 aromatic heterocycles. The molecule has 0 radical (unpaired) electrons. The van der Waals surface area contributed by atoms with Gasteiger partial charge in [0.15, 0.2) is 6.61 Å². The predicted molar refractivity (Wildman–Crippen MR) is 84.4 cm³/mol. The zero-order chi connectivity index (χ0) is 14.8. The van der Waals surface area contributed by atoms with E-state index in [1.54, 1.807) is 0 Å². The van der Waals surface area contributed by atoms with Gasteiger partial charge in [0.25, 0.3) is 5.91 Å². The number of para-hydroxylation sites is 1. The molecule has 4 heteroatoms. The van der Waals surface area contributed by atoms with Crippen molar-refractivity contribution in [3.63, 3.8) is 0 Å². The Hall–Kier alpha value is -1.55. The zero-order valence-electron chi connectivity index (χ0n) is 12.6. The maximum absolute atomic E-state index is 11.7. The highest BCUT2D eigenvalue weighted by molar-refractivity contribution is 5.77. The Labute approximate surface area is 127 Å². The summed E-state index contributed by atoms with van der Waals surface area (Å²) in [4.78, 5) is 11.7. The number of carbonyl (C=O) groups is 1. The first-order valence-corrected chi connectivity index (χ1v) is 8.02. The van der Waals surface area contributed by atoms with E-state index in [2.05, 4.69) is 10.6 Å². The van der Waals surface area contributed by atoms with Gasteiger partial charge in [-0.25, -0.2) is 0 Å². The number of amides is 1. The summed E-state index contributed by atoms with van der Waals surface area (Å²) >= 11 is 0. The van der Waals surface area contributed by atoms with Crippen molar-refractivity contribution < 1.29 is 9.53 Å². The summed E-state index contributed by atoms with van der Waals surface area (Å²) < 4.78 is 5.40. The van der Waals surface area contributed by atoms with Crippen molar-refractivity contribution >= 4 is 5.91 Å². The molecule has 0 aliphatic heterocycles. The predicted octanol–water partition coefficient (Wildman–Crippen LogP) is 2.49. The van der Waals surface area contributed by atoms with Gasteiger partial charge in [0, 0.05) is 19.1 Å². The topological polar surface area (TPSA) is 50.4 Å². The van der Waals surface area contributed by atoms with Gasteiger partial charge >= 0.3 is 0 Å². The lowest BCUT2D eigenvalue weighted by molar-refractivity contribution is -0.123. The van der Waals surface area contributed by atoms with E-state index < -0.39 is 0 Å². The molecule has 1 aliphatic carbocycles. The van der Waals surface area contributed by atoms with Crippen molar-refractivity contribution in [2.75, 3.05) is 19.7 Å². The minimum atomic E-state index is -0.0680. The van der Waals surface area contributed by atoms with Crippen molar-refractivity contribution in [3.8, 4) is 5.75 Å². The van der Waals surface area contributed by atoms with Gasteiger partial charge in [-0.1, -0.05) is 43.9 Å². The van der Waals surface area contributed by atoms with Crippen LogP contribution < -0.4 is 15.4 Å². The van der Waals surface area contributed by atoms with Crippen LogP contribution >= 0.6 is 0 Å². The summed E-state index contributed by atoms with van der Waals surface area (Å²) in [5.41, 5.74) is 0. The van der Waals surface area contributed by atoms with Gasteiger partial charge in [0.1, 0.15) is 5.75 Å². The number of ether oxygens (including phenoxy) is 1. The fourth-order valence-electron chi connectivity index (χ4n) is 2.68. The summed E-state index contributed by atoms with van der Waals surface area (Å²) in [6.45, 7) is 1.57. The van der Waals surface area contributed by atoms with E-state index in [-0.39, 0.29) is 12.5 Å². The SMILES string of the molecule is O=C(COc1ccccc1)NCCNC1CCCCCC1. The van der Waals surface area contributed by atoms with Gasteiger partial charge in [-0.2, -0.15) is 0 Å². The van der Waals surface area contributed by atoms with E-state index >= 15 is 0 Å². The second-order valence-electron chi connectivity index (χ2n) is 5.59. The van der Waals surface area contributed by atoms with E-state index in [1.165, 1.54) is 38.5 Å². The van der Waals surface area contributed by atoms with Gasteiger partial charge in [-0.05, 0) is 25.0 Å². The van der Waals surface area contributed by atoms with E-state index in [0.717, 1.165) is 12.3 Å². The summed E-state index contributed by atoms with van der Waals surface area (Å²) in [6, 6.07) is 10.0. The van der Waals surface area contributed by atoms with Crippen molar-refractivity contribution in [1.29, 1.82) is 0 Å². The van der Waals surface area contributed by atoms with E-state index in [1.807, 2.05) is 30.3 Å². The van der Waals surface area contributed by atoms with Gasteiger partial charge < -0.3 is 15.4 Å². The van der Waals surface area contributed by atoms with E-state index in [4.69, 9.17) is 4.74 Å². The second kappa shape index (κ2) is 9.40. The summed E-state index contributed by atoms with van der Waals surface area (Å²) in [5, 5.41) is 6.42. The van der Waals surface area contributed by atoms with Gasteiger partial charge in [-0.15, -0.1) is 0 Å². The first-order chi connectivity index (χ1) is 10.3. The third-order valence-corrected chi connectivity index (χ3v) is 3.85. The standard InChI is InChI=1S/C17H26N2O2/c20-17(14-21-16-10-6-3-7-11-16)19-13-12-18-15-8-4-1-2-5-9-15/h3,6-7,10-11,15,18H,1-2,4-5,8-9,12-14H2,(H,19,20). The van der Waals surface area contributed by atoms with E-state index in [9.17, 15) is 4.79 Å². The molecule has 1 amide bonds. The number of hydrogen-bond donors (Lipinski definition) is 2. The fourth-order valence-corrected chi connectivity index (χ4v) is 2.68. The highest BCUT2D eigenvalue weighted by atomic mass is 16.5. The molecule has 0 heterocycles. The van der Waals surface area contributed by atoms with Crippen LogP contribution in [0.15, 0.2) is 30.3 Å². The average molecular weight is 290 g/mol. The third kappa shape index (κ3) is 6.63. The van der Waals surface area contributed by atoms with Crippen molar-refractivity contribution in [3.05, 3.63) is 30.3 Å². The fraction of sp³-hybridized carbons (Fsp3) is 0.588. The van der Waals surface area contributed by atoms with E-state index in [0.29, 0.717) is 12.6 Å². The van der Waals surface area contributed by atoms with Crippen LogP contribution in [0, 0.1) is 0 Å². The summed E-state index contributed by atoms with van der Waals surface area (Å²) in [6.07, 6.45) is 7.93. The molecule has 2 N–H and O–H groups in total. The number of rotatable bonds is 7. The average Bonchev–Trinajstić information content (AvgIpc) is 2.79. The zero-order valence-corrected chi connectivity index (χ0v) is 12.6. The number of benzene rings is 1. The molecule has 116 valence electrons. The molecule has 0 bridgehead atoms.